The van der Waals surface area contributed by atoms with E-state index in [-0.39, 0.29) is 11.9 Å². The number of carbonyl (C=O) groups excluding carboxylic acids is 1. The zero-order valence-electron chi connectivity index (χ0n) is 9.97. The first-order valence-corrected chi connectivity index (χ1v) is 6.12. The Morgan fingerprint density at radius 3 is 2.82 bits per heavy atom. The van der Waals surface area contributed by atoms with E-state index in [1.54, 1.807) is 23.3 Å². The molecule has 0 aliphatic rings. The fourth-order valence-corrected chi connectivity index (χ4v) is 2.19. The maximum absolute atomic E-state index is 11.9. The van der Waals surface area contributed by atoms with Gasteiger partial charge < -0.3 is 9.88 Å². The Balaban J connectivity index is 2.07. The average molecular weight is 250 g/mol. The standard InChI is InChI=1S/C11H14N4OS/c1-7-9(3)17-11(13-7)14-10(16)8(2)15-5-4-12-6-15/h4-6,8H,1-3H3,(H,13,14,16). The number of hydrogen-bond donors (Lipinski definition) is 1. The van der Waals surface area contributed by atoms with Crippen LogP contribution in [0.4, 0.5) is 5.13 Å². The number of carbonyl (C=O) groups is 1. The van der Waals surface area contributed by atoms with Crippen molar-refractivity contribution in [3.8, 4) is 0 Å². The number of rotatable bonds is 3. The van der Waals surface area contributed by atoms with Gasteiger partial charge in [-0.1, -0.05) is 0 Å². The van der Waals surface area contributed by atoms with E-state index in [1.165, 1.54) is 11.3 Å². The Bertz CT molecular complexity index is 498. The van der Waals surface area contributed by atoms with Crippen LogP contribution in [0.3, 0.4) is 0 Å². The smallest absolute Gasteiger partial charge is 0.248 e. The van der Waals surface area contributed by atoms with Gasteiger partial charge in [0.05, 0.1) is 12.0 Å². The molecule has 0 aliphatic carbocycles. The summed E-state index contributed by atoms with van der Waals surface area (Å²) in [6.45, 7) is 5.74. The molecule has 2 rings (SSSR count). The van der Waals surface area contributed by atoms with Crippen LogP contribution < -0.4 is 5.32 Å². The van der Waals surface area contributed by atoms with Crippen LogP contribution in [0.5, 0.6) is 0 Å². The number of nitrogens with zero attached hydrogens (tertiary/aromatic N) is 3. The molecule has 2 heterocycles. The predicted molar refractivity (Wildman–Crippen MR) is 67.2 cm³/mol. The first kappa shape index (κ1) is 11.8. The topological polar surface area (TPSA) is 59.8 Å². The molecule has 17 heavy (non-hydrogen) atoms. The second kappa shape index (κ2) is 4.67. The molecule has 0 radical (unpaired) electrons. The van der Waals surface area contributed by atoms with Gasteiger partial charge in [-0.2, -0.15) is 0 Å². The number of aryl methyl sites for hydroxylation is 2. The van der Waals surface area contributed by atoms with Crippen molar-refractivity contribution < 1.29 is 4.79 Å². The van der Waals surface area contributed by atoms with E-state index in [0.29, 0.717) is 5.13 Å². The van der Waals surface area contributed by atoms with E-state index >= 15 is 0 Å². The van der Waals surface area contributed by atoms with Gasteiger partial charge in [0.2, 0.25) is 5.91 Å². The number of hydrogen-bond acceptors (Lipinski definition) is 4. The molecule has 0 aliphatic heterocycles. The van der Waals surface area contributed by atoms with Gasteiger partial charge in [-0.15, -0.1) is 11.3 Å². The Kier molecular flexibility index (Phi) is 3.23. The summed E-state index contributed by atoms with van der Waals surface area (Å²) in [6, 6.07) is -0.290. The molecule has 0 saturated carbocycles. The monoisotopic (exact) mass is 250 g/mol. The minimum atomic E-state index is -0.290. The van der Waals surface area contributed by atoms with Crippen LogP contribution in [0.15, 0.2) is 18.7 Å². The van der Waals surface area contributed by atoms with Gasteiger partial charge in [0.25, 0.3) is 0 Å². The van der Waals surface area contributed by atoms with Crippen LogP contribution in [0.1, 0.15) is 23.5 Å². The number of aromatic nitrogens is 3. The number of imidazole rings is 1. The van der Waals surface area contributed by atoms with Crippen molar-refractivity contribution in [1.82, 2.24) is 14.5 Å². The highest BCUT2D eigenvalue weighted by molar-refractivity contribution is 7.15. The summed E-state index contributed by atoms with van der Waals surface area (Å²) in [5.74, 6) is -0.0863. The maximum atomic E-state index is 11.9. The predicted octanol–water partition coefficient (Wildman–Crippen LogP) is 2.16. The number of anilines is 1. The molecular weight excluding hydrogens is 236 g/mol. The number of thiazole rings is 1. The fraction of sp³-hybridized carbons (Fsp3) is 0.364. The molecule has 6 heteroatoms. The zero-order valence-corrected chi connectivity index (χ0v) is 10.8. The second-order valence-electron chi connectivity index (χ2n) is 3.84. The van der Waals surface area contributed by atoms with Crippen molar-refractivity contribution in [2.24, 2.45) is 0 Å². The Labute approximate surface area is 104 Å². The SMILES string of the molecule is Cc1nc(NC(=O)C(C)n2ccnc2)sc1C. The third-order valence-corrected chi connectivity index (χ3v) is 3.60. The van der Waals surface area contributed by atoms with E-state index in [2.05, 4.69) is 15.3 Å². The molecule has 1 atom stereocenters. The molecule has 0 fully saturated rings. The number of amides is 1. The molecule has 2 aromatic rings. The molecule has 1 N–H and O–H groups in total. The first-order chi connectivity index (χ1) is 8.08. The zero-order chi connectivity index (χ0) is 12.4. The lowest BCUT2D eigenvalue weighted by atomic mass is 10.3. The van der Waals surface area contributed by atoms with Crippen LogP contribution in [-0.4, -0.2) is 20.4 Å². The maximum Gasteiger partial charge on any atom is 0.248 e. The normalized spacial score (nSPS) is 12.4. The molecule has 1 amide bonds. The highest BCUT2D eigenvalue weighted by Gasteiger charge is 2.16. The average Bonchev–Trinajstić information content (AvgIpc) is 2.89. The highest BCUT2D eigenvalue weighted by atomic mass is 32.1. The third kappa shape index (κ3) is 2.52. The van der Waals surface area contributed by atoms with Gasteiger partial charge in [-0.3, -0.25) is 4.79 Å². The Morgan fingerprint density at radius 1 is 1.53 bits per heavy atom. The lowest BCUT2D eigenvalue weighted by molar-refractivity contribution is -0.118. The molecule has 2 aromatic heterocycles. The quantitative estimate of drug-likeness (QED) is 0.908. The van der Waals surface area contributed by atoms with Crippen molar-refractivity contribution in [3.63, 3.8) is 0 Å². The second-order valence-corrected chi connectivity index (χ2v) is 5.04. The van der Waals surface area contributed by atoms with Crippen LogP contribution >= 0.6 is 11.3 Å². The van der Waals surface area contributed by atoms with Crippen molar-refractivity contribution >= 4 is 22.4 Å². The van der Waals surface area contributed by atoms with Gasteiger partial charge in [0.15, 0.2) is 5.13 Å². The van der Waals surface area contributed by atoms with Crippen molar-refractivity contribution in [3.05, 3.63) is 29.3 Å². The van der Waals surface area contributed by atoms with Crippen molar-refractivity contribution in [2.45, 2.75) is 26.8 Å². The van der Waals surface area contributed by atoms with Gasteiger partial charge in [-0.25, -0.2) is 9.97 Å². The van der Waals surface area contributed by atoms with Crippen LogP contribution in [0.2, 0.25) is 0 Å². The van der Waals surface area contributed by atoms with E-state index in [9.17, 15) is 4.79 Å². The van der Waals surface area contributed by atoms with Crippen LogP contribution in [-0.2, 0) is 4.79 Å². The molecule has 0 bridgehead atoms. The van der Waals surface area contributed by atoms with Crippen molar-refractivity contribution in [1.29, 1.82) is 0 Å². The number of nitrogens with one attached hydrogen (secondary N) is 1. The molecule has 0 saturated heterocycles. The van der Waals surface area contributed by atoms with Crippen LogP contribution in [0.25, 0.3) is 0 Å². The van der Waals surface area contributed by atoms with E-state index in [4.69, 9.17) is 0 Å². The molecule has 0 aromatic carbocycles. The largest absolute Gasteiger partial charge is 0.325 e. The molecule has 90 valence electrons. The lowest BCUT2D eigenvalue weighted by Gasteiger charge is -2.11. The van der Waals surface area contributed by atoms with E-state index in [0.717, 1.165) is 10.6 Å². The molecule has 0 spiro atoms. The minimum absolute atomic E-state index is 0.0863. The fourth-order valence-electron chi connectivity index (χ4n) is 1.37. The Hall–Kier alpha value is -1.69. The summed E-state index contributed by atoms with van der Waals surface area (Å²) in [5, 5.41) is 3.46. The molecule has 1 unspecified atom stereocenters. The minimum Gasteiger partial charge on any atom is -0.325 e. The highest BCUT2D eigenvalue weighted by Crippen LogP contribution is 2.22. The van der Waals surface area contributed by atoms with Gasteiger partial charge in [0, 0.05) is 17.3 Å². The summed E-state index contributed by atoms with van der Waals surface area (Å²) in [4.78, 5) is 21.3. The van der Waals surface area contributed by atoms with Crippen molar-refractivity contribution in [2.75, 3.05) is 5.32 Å². The molecule has 5 nitrogen and oxygen atoms in total. The summed E-state index contributed by atoms with van der Waals surface area (Å²) in [5.41, 5.74) is 0.959. The van der Waals surface area contributed by atoms with Gasteiger partial charge in [-0.05, 0) is 20.8 Å². The van der Waals surface area contributed by atoms with E-state index < -0.39 is 0 Å². The van der Waals surface area contributed by atoms with Gasteiger partial charge in [0.1, 0.15) is 6.04 Å². The Morgan fingerprint density at radius 2 is 2.29 bits per heavy atom. The summed E-state index contributed by atoms with van der Waals surface area (Å²) in [7, 11) is 0. The summed E-state index contributed by atoms with van der Waals surface area (Å²) in [6.07, 6.45) is 5.05. The van der Waals surface area contributed by atoms with E-state index in [1.807, 2.05) is 20.8 Å². The lowest BCUT2D eigenvalue weighted by Crippen LogP contribution is -2.22. The van der Waals surface area contributed by atoms with Crippen LogP contribution in [0, 0.1) is 13.8 Å². The third-order valence-electron chi connectivity index (χ3n) is 2.61. The summed E-state index contributed by atoms with van der Waals surface area (Å²) < 4.78 is 1.75. The first-order valence-electron chi connectivity index (χ1n) is 5.30. The molecular formula is C11H14N4OS. The summed E-state index contributed by atoms with van der Waals surface area (Å²) >= 11 is 1.49. The van der Waals surface area contributed by atoms with Gasteiger partial charge >= 0.3 is 0 Å².